The van der Waals surface area contributed by atoms with Crippen molar-refractivity contribution in [2.75, 3.05) is 27.2 Å². The average molecular weight is 396 g/mol. The molecule has 0 unspecified atom stereocenters. The van der Waals surface area contributed by atoms with Crippen molar-refractivity contribution in [1.82, 2.24) is 15.2 Å². The Hall–Kier alpha value is -3.11. The van der Waals surface area contributed by atoms with E-state index in [1.54, 1.807) is 13.8 Å². The fraction of sp³-hybridized carbons (Fsp3) is 0.409. The normalized spacial score (nSPS) is 10.6. The number of hydrogen-bond donors (Lipinski definition) is 2. The molecule has 29 heavy (non-hydrogen) atoms. The molecule has 2 N–H and O–H groups in total. The van der Waals surface area contributed by atoms with Crippen LogP contribution in [0.4, 0.5) is 0 Å². The van der Waals surface area contributed by atoms with Crippen molar-refractivity contribution in [3.63, 3.8) is 0 Å². The third kappa shape index (κ3) is 6.47. The van der Waals surface area contributed by atoms with E-state index in [1.165, 1.54) is 0 Å². The molecule has 2 aromatic rings. The molecule has 0 aliphatic heterocycles. The fourth-order valence-electron chi connectivity index (χ4n) is 3.04. The van der Waals surface area contributed by atoms with Crippen molar-refractivity contribution in [3.8, 4) is 11.8 Å². The lowest BCUT2D eigenvalue weighted by molar-refractivity contribution is -0.121. The first-order chi connectivity index (χ1) is 13.8. The Balaban J connectivity index is 1.90. The first-order valence-electron chi connectivity index (χ1n) is 9.57. The summed E-state index contributed by atoms with van der Waals surface area (Å²) in [6.45, 7) is 5.38. The van der Waals surface area contributed by atoms with Gasteiger partial charge in [0.2, 0.25) is 5.91 Å². The molecule has 0 spiro atoms. The zero-order valence-electron chi connectivity index (χ0n) is 17.5. The molecule has 0 aliphatic carbocycles. The van der Waals surface area contributed by atoms with E-state index in [2.05, 4.69) is 15.2 Å². The largest absolute Gasteiger partial charge is 0.492 e. The highest BCUT2D eigenvalue weighted by Crippen LogP contribution is 2.16. The van der Waals surface area contributed by atoms with Crippen LogP contribution in [-0.4, -0.2) is 43.0 Å². The van der Waals surface area contributed by atoms with Gasteiger partial charge in [-0.1, -0.05) is 12.1 Å². The van der Waals surface area contributed by atoms with Crippen LogP contribution in [0.1, 0.15) is 34.4 Å². The van der Waals surface area contributed by atoms with Crippen LogP contribution in [0.2, 0.25) is 0 Å². The smallest absolute Gasteiger partial charge is 0.266 e. The Bertz CT molecular complexity index is 958. The number of carbonyl (C=O) groups excluding carboxylic acids is 1. The number of H-pyrrole nitrogens is 1. The molecule has 1 heterocycles. The second-order valence-corrected chi connectivity index (χ2v) is 7.25. The Morgan fingerprint density at radius 3 is 2.76 bits per heavy atom. The van der Waals surface area contributed by atoms with E-state index in [1.807, 2.05) is 44.4 Å². The van der Waals surface area contributed by atoms with Crippen LogP contribution in [0.25, 0.3) is 0 Å². The van der Waals surface area contributed by atoms with Crippen molar-refractivity contribution in [2.45, 2.75) is 33.2 Å². The number of hydrogen-bond acceptors (Lipinski definition) is 5. The van der Waals surface area contributed by atoms with Gasteiger partial charge in [-0.25, -0.2) is 0 Å². The van der Waals surface area contributed by atoms with E-state index in [0.717, 1.165) is 23.4 Å². The van der Waals surface area contributed by atoms with Gasteiger partial charge < -0.3 is 19.9 Å². The summed E-state index contributed by atoms with van der Waals surface area (Å²) in [4.78, 5) is 28.8. The van der Waals surface area contributed by atoms with E-state index in [4.69, 9.17) is 10.00 Å². The summed E-state index contributed by atoms with van der Waals surface area (Å²) >= 11 is 0. The van der Waals surface area contributed by atoms with Gasteiger partial charge >= 0.3 is 0 Å². The number of likely N-dealkylation sites (N-methyl/N-ethyl adjacent to an activating group) is 1. The lowest BCUT2D eigenvalue weighted by atomic mass is 9.99. The number of aromatic nitrogens is 1. The second-order valence-electron chi connectivity index (χ2n) is 7.25. The summed E-state index contributed by atoms with van der Waals surface area (Å²) < 4.78 is 5.72. The maximum atomic E-state index is 12.3. The SMILES string of the molecule is Cc1[nH]c(=O)c(C#N)c(C)c1CCC(=O)NCc1cccc(OCCN(C)C)c1. The lowest BCUT2D eigenvalue weighted by Crippen LogP contribution is -2.24. The lowest BCUT2D eigenvalue weighted by Gasteiger charge is -2.12. The first-order valence-corrected chi connectivity index (χ1v) is 9.57. The number of rotatable bonds is 9. The zero-order valence-corrected chi connectivity index (χ0v) is 17.5. The number of carbonyl (C=O) groups is 1. The Morgan fingerprint density at radius 1 is 1.31 bits per heavy atom. The number of aryl methyl sites for hydroxylation is 1. The zero-order chi connectivity index (χ0) is 21.4. The van der Waals surface area contributed by atoms with Gasteiger partial charge in [-0.05, 0) is 63.2 Å². The van der Waals surface area contributed by atoms with Crippen LogP contribution < -0.4 is 15.6 Å². The Morgan fingerprint density at radius 2 is 2.07 bits per heavy atom. The predicted octanol–water partition coefficient (Wildman–Crippen LogP) is 2.05. The highest BCUT2D eigenvalue weighted by molar-refractivity contribution is 5.76. The molecule has 0 aliphatic rings. The number of nitrogens with one attached hydrogen (secondary N) is 2. The minimum atomic E-state index is -0.386. The van der Waals surface area contributed by atoms with Crippen LogP contribution in [-0.2, 0) is 17.8 Å². The molecule has 0 saturated heterocycles. The maximum Gasteiger partial charge on any atom is 0.266 e. The quantitative estimate of drug-likeness (QED) is 0.676. The van der Waals surface area contributed by atoms with E-state index >= 15 is 0 Å². The first kappa shape index (κ1) is 22.2. The number of ether oxygens (including phenoxy) is 1. The summed E-state index contributed by atoms with van der Waals surface area (Å²) in [5.74, 6) is 0.689. The van der Waals surface area contributed by atoms with Crippen LogP contribution >= 0.6 is 0 Å². The Labute approximate surface area is 171 Å². The van der Waals surface area contributed by atoms with Crippen molar-refractivity contribution in [2.24, 2.45) is 0 Å². The van der Waals surface area contributed by atoms with Crippen LogP contribution in [0, 0.1) is 25.2 Å². The number of benzene rings is 1. The standard InChI is InChI=1S/C22H28N4O3/c1-15-19(16(2)25-22(28)20(15)13-23)8-9-21(27)24-14-17-6-5-7-18(12-17)29-11-10-26(3)4/h5-7,12H,8-11,14H2,1-4H3,(H,24,27)(H,25,28). The van der Waals surface area contributed by atoms with Gasteiger partial charge in [0, 0.05) is 25.2 Å². The predicted molar refractivity (Wildman–Crippen MR) is 112 cm³/mol. The van der Waals surface area contributed by atoms with Crippen molar-refractivity contribution in [3.05, 3.63) is 62.6 Å². The van der Waals surface area contributed by atoms with Crippen LogP contribution in [0.3, 0.4) is 0 Å². The fourth-order valence-corrected chi connectivity index (χ4v) is 3.04. The van der Waals surface area contributed by atoms with Gasteiger partial charge in [0.1, 0.15) is 24.0 Å². The van der Waals surface area contributed by atoms with Crippen molar-refractivity contribution >= 4 is 5.91 Å². The van der Waals surface area contributed by atoms with E-state index in [-0.39, 0.29) is 23.5 Å². The molecule has 1 aromatic carbocycles. The third-order valence-electron chi connectivity index (χ3n) is 4.72. The van der Waals surface area contributed by atoms with Crippen LogP contribution in [0.5, 0.6) is 5.75 Å². The molecule has 0 saturated carbocycles. The molecular weight excluding hydrogens is 368 g/mol. The van der Waals surface area contributed by atoms with Gasteiger partial charge in [0.15, 0.2) is 0 Å². The van der Waals surface area contributed by atoms with E-state index in [9.17, 15) is 9.59 Å². The number of nitriles is 1. The minimum absolute atomic E-state index is 0.0903. The third-order valence-corrected chi connectivity index (χ3v) is 4.72. The molecule has 7 heteroatoms. The summed E-state index contributed by atoms with van der Waals surface area (Å²) in [5.41, 5.74) is 2.86. The molecule has 0 bridgehead atoms. The number of nitrogens with zero attached hydrogens (tertiary/aromatic N) is 2. The molecule has 0 fully saturated rings. The van der Waals surface area contributed by atoms with Crippen molar-refractivity contribution < 1.29 is 9.53 Å². The maximum absolute atomic E-state index is 12.3. The molecule has 0 radical (unpaired) electrons. The van der Waals surface area contributed by atoms with Gasteiger partial charge in [-0.15, -0.1) is 0 Å². The van der Waals surface area contributed by atoms with Gasteiger partial charge in [-0.3, -0.25) is 9.59 Å². The molecular formula is C22H28N4O3. The Kier molecular flexibility index (Phi) is 7.98. The van der Waals surface area contributed by atoms with E-state index < -0.39 is 0 Å². The van der Waals surface area contributed by atoms with Gasteiger partial charge in [-0.2, -0.15) is 5.26 Å². The van der Waals surface area contributed by atoms with Gasteiger partial charge in [0.25, 0.3) is 5.56 Å². The minimum Gasteiger partial charge on any atom is -0.492 e. The highest BCUT2D eigenvalue weighted by atomic mass is 16.5. The summed E-state index contributed by atoms with van der Waals surface area (Å²) in [5, 5.41) is 12.1. The van der Waals surface area contributed by atoms with Gasteiger partial charge in [0.05, 0.1) is 0 Å². The average Bonchev–Trinajstić information content (AvgIpc) is 2.66. The van der Waals surface area contributed by atoms with E-state index in [0.29, 0.717) is 30.8 Å². The molecule has 0 atom stereocenters. The topological polar surface area (TPSA) is 98.2 Å². The van der Waals surface area contributed by atoms with Crippen LogP contribution in [0.15, 0.2) is 29.1 Å². The second kappa shape index (κ2) is 10.4. The summed E-state index contributed by atoms with van der Waals surface area (Å²) in [6.07, 6.45) is 0.736. The summed E-state index contributed by atoms with van der Waals surface area (Å²) in [7, 11) is 3.99. The summed E-state index contributed by atoms with van der Waals surface area (Å²) in [6, 6.07) is 9.60. The highest BCUT2D eigenvalue weighted by Gasteiger charge is 2.13. The monoisotopic (exact) mass is 396 g/mol. The number of aromatic amines is 1. The molecule has 7 nitrogen and oxygen atoms in total. The molecule has 1 amide bonds. The molecule has 1 aromatic heterocycles. The van der Waals surface area contributed by atoms with Crippen molar-refractivity contribution in [1.29, 1.82) is 5.26 Å². The number of pyridine rings is 1. The number of amides is 1. The molecule has 2 rings (SSSR count). The molecule has 154 valence electrons.